The Balaban J connectivity index is 1.96. The molecule has 1 aromatic rings. The summed E-state index contributed by atoms with van der Waals surface area (Å²) in [7, 11) is 0. The first-order valence-corrected chi connectivity index (χ1v) is 15.2. The normalized spacial score (nSPS) is 13.1. The van der Waals surface area contributed by atoms with E-state index in [0.717, 1.165) is 18.4 Å². The highest BCUT2D eigenvalue weighted by atomic mass is 16.6. The third kappa shape index (κ3) is 21.6. The monoisotopic (exact) mass is 572 g/mol. The number of unbranched alkanes of at least 4 members (excludes halogenated alkanes) is 6. The summed E-state index contributed by atoms with van der Waals surface area (Å²) in [4.78, 5) is 0. The summed E-state index contributed by atoms with van der Waals surface area (Å²) < 4.78 is 38.3. The molecular weight excluding hydrogens is 516 g/mol. The SMILES string of the molecule is CCCCCCCCCC(O)(COCCOCCOCCOCCOCCOCCOCCO)c1ccccc1. The summed E-state index contributed by atoms with van der Waals surface area (Å²) in [6, 6.07) is 9.85. The van der Waals surface area contributed by atoms with Gasteiger partial charge in [-0.15, -0.1) is 0 Å². The van der Waals surface area contributed by atoms with Crippen molar-refractivity contribution >= 4 is 0 Å². The Morgan fingerprint density at radius 3 is 1.38 bits per heavy atom. The topological polar surface area (TPSA) is 105 Å². The van der Waals surface area contributed by atoms with Gasteiger partial charge in [-0.25, -0.2) is 0 Å². The van der Waals surface area contributed by atoms with Gasteiger partial charge < -0.3 is 43.4 Å². The molecule has 0 saturated heterocycles. The Morgan fingerprint density at radius 1 is 0.525 bits per heavy atom. The Morgan fingerprint density at radius 2 is 0.925 bits per heavy atom. The molecule has 0 aliphatic heterocycles. The van der Waals surface area contributed by atoms with Crippen LogP contribution < -0.4 is 0 Å². The predicted octanol–water partition coefficient (Wildman–Crippen LogP) is 4.12. The molecular formula is C31H56O9. The van der Waals surface area contributed by atoms with Gasteiger partial charge in [0.2, 0.25) is 0 Å². The number of benzene rings is 1. The summed E-state index contributed by atoms with van der Waals surface area (Å²) in [5.74, 6) is 0. The number of aliphatic hydroxyl groups is 2. The summed E-state index contributed by atoms with van der Waals surface area (Å²) in [5.41, 5.74) is -0.0574. The Labute approximate surface area is 242 Å². The van der Waals surface area contributed by atoms with E-state index < -0.39 is 5.60 Å². The van der Waals surface area contributed by atoms with E-state index in [1.54, 1.807) is 0 Å². The van der Waals surface area contributed by atoms with Crippen LogP contribution in [0.5, 0.6) is 0 Å². The lowest BCUT2D eigenvalue weighted by molar-refractivity contribution is -0.0716. The van der Waals surface area contributed by atoms with E-state index in [-0.39, 0.29) is 13.2 Å². The van der Waals surface area contributed by atoms with E-state index in [2.05, 4.69) is 6.92 Å². The van der Waals surface area contributed by atoms with Gasteiger partial charge >= 0.3 is 0 Å². The maximum atomic E-state index is 11.4. The van der Waals surface area contributed by atoms with Crippen LogP contribution in [0.25, 0.3) is 0 Å². The first-order valence-electron chi connectivity index (χ1n) is 15.2. The van der Waals surface area contributed by atoms with E-state index in [1.165, 1.54) is 32.1 Å². The van der Waals surface area contributed by atoms with Crippen molar-refractivity contribution in [3.63, 3.8) is 0 Å². The van der Waals surface area contributed by atoms with Crippen LogP contribution in [0.1, 0.15) is 63.9 Å². The third-order valence-corrected chi connectivity index (χ3v) is 6.31. The molecule has 9 nitrogen and oxygen atoms in total. The van der Waals surface area contributed by atoms with Crippen LogP contribution in [-0.4, -0.2) is 109 Å². The van der Waals surface area contributed by atoms with E-state index in [1.807, 2.05) is 30.3 Å². The van der Waals surface area contributed by atoms with Crippen LogP contribution in [0.15, 0.2) is 30.3 Å². The number of hydrogen-bond acceptors (Lipinski definition) is 9. The van der Waals surface area contributed by atoms with E-state index in [4.69, 9.17) is 38.3 Å². The van der Waals surface area contributed by atoms with Crippen LogP contribution in [0, 0.1) is 0 Å². The molecule has 0 spiro atoms. The molecule has 1 unspecified atom stereocenters. The van der Waals surface area contributed by atoms with Crippen LogP contribution in [-0.2, 0) is 38.8 Å². The quantitative estimate of drug-likeness (QED) is 0.127. The standard InChI is InChI=1S/C31H56O9/c1-2-3-4-5-6-7-11-14-31(33,30-12-9-8-10-13-30)29-40-28-27-39-26-25-38-24-23-37-22-21-36-20-19-35-18-17-34-16-15-32/h8-10,12-13,32-33H,2-7,11,14-29H2,1H3. The minimum Gasteiger partial charge on any atom is -0.394 e. The van der Waals surface area contributed by atoms with Gasteiger partial charge in [-0.2, -0.15) is 0 Å². The zero-order valence-electron chi connectivity index (χ0n) is 24.9. The molecule has 0 heterocycles. The first kappa shape index (κ1) is 36.9. The molecule has 1 atom stereocenters. The Kier molecular flexibility index (Phi) is 25.8. The fourth-order valence-corrected chi connectivity index (χ4v) is 4.05. The lowest BCUT2D eigenvalue weighted by Gasteiger charge is -2.29. The smallest absolute Gasteiger partial charge is 0.113 e. The highest BCUT2D eigenvalue weighted by Crippen LogP contribution is 2.28. The zero-order chi connectivity index (χ0) is 28.8. The molecule has 0 fully saturated rings. The molecule has 0 saturated carbocycles. The maximum absolute atomic E-state index is 11.4. The first-order chi connectivity index (χ1) is 19.7. The average molecular weight is 573 g/mol. The molecule has 0 aliphatic rings. The lowest BCUT2D eigenvalue weighted by Crippen LogP contribution is -2.32. The van der Waals surface area contributed by atoms with E-state index >= 15 is 0 Å². The second-order valence-corrected chi connectivity index (χ2v) is 9.72. The molecule has 1 rings (SSSR count). The minimum atomic E-state index is -0.969. The van der Waals surface area contributed by atoms with E-state index in [9.17, 15) is 5.11 Å². The van der Waals surface area contributed by atoms with Crippen molar-refractivity contribution in [2.24, 2.45) is 0 Å². The molecule has 1 aromatic carbocycles. The molecule has 9 heteroatoms. The van der Waals surface area contributed by atoms with Gasteiger partial charge in [0, 0.05) is 0 Å². The van der Waals surface area contributed by atoms with Crippen molar-refractivity contribution in [3.05, 3.63) is 35.9 Å². The largest absolute Gasteiger partial charge is 0.394 e. The second-order valence-electron chi connectivity index (χ2n) is 9.72. The van der Waals surface area contributed by atoms with Crippen molar-refractivity contribution in [1.82, 2.24) is 0 Å². The number of hydrogen-bond donors (Lipinski definition) is 2. The summed E-state index contributed by atoms with van der Waals surface area (Å²) in [6.45, 7) is 8.71. The van der Waals surface area contributed by atoms with Crippen LogP contribution in [0.4, 0.5) is 0 Å². The fourth-order valence-electron chi connectivity index (χ4n) is 4.05. The second kappa shape index (κ2) is 28.0. The molecule has 0 aromatic heterocycles. The third-order valence-electron chi connectivity index (χ3n) is 6.31. The van der Waals surface area contributed by atoms with Crippen LogP contribution in [0.2, 0.25) is 0 Å². The van der Waals surface area contributed by atoms with Gasteiger partial charge in [-0.05, 0) is 12.0 Å². The number of ether oxygens (including phenoxy) is 7. The van der Waals surface area contributed by atoms with Crippen molar-refractivity contribution < 1.29 is 43.4 Å². The minimum absolute atomic E-state index is 0.0272. The van der Waals surface area contributed by atoms with Gasteiger partial charge in [0.05, 0.1) is 99.1 Å². The molecule has 2 N–H and O–H groups in total. The summed E-state index contributed by atoms with van der Waals surface area (Å²) in [5, 5.41) is 19.9. The number of rotatable bonds is 31. The number of aliphatic hydroxyl groups excluding tert-OH is 1. The van der Waals surface area contributed by atoms with Gasteiger partial charge in [0.25, 0.3) is 0 Å². The van der Waals surface area contributed by atoms with Gasteiger partial charge in [-0.1, -0.05) is 82.2 Å². The Hall–Kier alpha value is -1.14. The average Bonchev–Trinajstić information content (AvgIpc) is 2.98. The van der Waals surface area contributed by atoms with E-state index in [0.29, 0.717) is 92.3 Å². The molecule has 0 radical (unpaired) electrons. The highest BCUT2D eigenvalue weighted by Gasteiger charge is 2.28. The summed E-state index contributed by atoms with van der Waals surface area (Å²) >= 11 is 0. The molecule has 234 valence electrons. The van der Waals surface area contributed by atoms with Crippen molar-refractivity contribution in [1.29, 1.82) is 0 Å². The molecule has 0 amide bonds. The predicted molar refractivity (Wildman–Crippen MR) is 156 cm³/mol. The summed E-state index contributed by atoms with van der Waals surface area (Å²) in [6.07, 6.45) is 9.21. The molecule has 0 aliphatic carbocycles. The fraction of sp³-hybridized carbons (Fsp3) is 0.806. The maximum Gasteiger partial charge on any atom is 0.113 e. The van der Waals surface area contributed by atoms with Gasteiger partial charge in [0.1, 0.15) is 5.60 Å². The lowest BCUT2D eigenvalue weighted by atomic mass is 9.89. The zero-order valence-corrected chi connectivity index (χ0v) is 24.9. The highest BCUT2D eigenvalue weighted by molar-refractivity contribution is 5.22. The van der Waals surface area contributed by atoms with Crippen molar-refractivity contribution in [3.8, 4) is 0 Å². The van der Waals surface area contributed by atoms with Crippen molar-refractivity contribution in [2.45, 2.75) is 63.9 Å². The van der Waals surface area contributed by atoms with Gasteiger partial charge in [-0.3, -0.25) is 0 Å². The molecule has 0 bridgehead atoms. The van der Waals surface area contributed by atoms with Crippen LogP contribution >= 0.6 is 0 Å². The molecule has 40 heavy (non-hydrogen) atoms. The van der Waals surface area contributed by atoms with Crippen molar-refractivity contribution in [2.75, 3.05) is 99.1 Å². The van der Waals surface area contributed by atoms with Crippen LogP contribution in [0.3, 0.4) is 0 Å². The Bertz CT molecular complexity index is 634. The van der Waals surface area contributed by atoms with Gasteiger partial charge in [0.15, 0.2) is 0 Å².